The molecule has 154 valence electrons. The van der Waals surface area contributed by atoms with E-state index in [0.29, 0.717) is 35.4 Å². The minimum Gasteiger partial charge on any atom is -0.302 e. The number of aromatic nitrogens is 1. The first-order valence-corrected chi connectivity index (χ1v) is 13.7. The predicted octanol–water partition coefficient (Wildman–Crippen LogP) is 5.39. The lowest BCUT2D eigenvalue weighted by atomic mass is 9.97. The molecule has 1 saturated heterocycles. The lowest BCUT2D eigenvalue weighted by Crippen LogP contribution is -2.41. The molecule has 4 heterocycles. The summed E-state index contributed by atoms with van der Waals surface area (Å²) in [7, 11) is -3.55. The van der Waals surface area contributed by atoms with Crippen molar-refractivity contribution in [2.45, 2.75) is 17.1 Å². The zero-order valence-electron chi connectivity index (χ0n) is 14.8. The molecule has 1 aliphatic rings. The van der Waals surface area contributed by atoms with Gasteiger partial charge in [0.1, 0.15) is 4.21 Å². The zero-order chi connectivity index (χ0) is 20.6. The van der Waals surface area contributed by atoms with E-state index in [1.54, 1.807) is 17.4 Å². The van der Waals surface area contributed by atoms with Crippen LogP contribution in [0.25, 0.3) is 10.6 Å². The quantitative estimate of drug-likeness (QED) is 0.460. The van der Waals surface area contributed by atoms with Crippen LogP contribution < -0.4 is 5.32 Å². The number of nitrogens with zero attached hydrogens (tertiary/aromatic N) is 2. The fraction of sp³-hybridized carbons (Fsp3) is 0.294. The first-order valence-electron chi connectivity index (χ1n) is 8.60. The summed E-state index contributed by atoms with van der Waals surface area (Å²) < 4.78 is 28.5. The van der Waals surface area contributed by atoms with Crippen LogP contribution in [0.3, 0.4) is 0 Å². The molecule has 1 fully saturated rings. The molecule has 1 aliphatic heterocycles. The number of thiophene rings is 2. The molecule has 3 aromatic heterocycles. The molecular formula is C17H15BrClN3O3S4. The molecule has 0 aliphatic carbocycles. The number of amides is 1. The zero-order valence-corrected chi connectivity index (χ0v) is 20.4. The highest BCUT2D eigenvalue weighted by Gasteiger charge is 2.33. The van der Waals surface area contributed by atoms with Crippen LogP contribution >= 0.6 is 61.5 Å². The van der Waals surface area contributed by atoms with Crippen LogP contribution in [0.2, 0.25) is 4.34 Å². The fourth-order valence-corrected chi connectivity index (χ4v) is 8.27. The van der Waals surface area contributed by atoms with Gasteiger partial charge in [-0.2, -0.15) is 4.31 Å². The summed E-state index contributed by atoms with van der Waals surface area (Å²) in [5.74, 6) is -0.355. The van der Waals surface area contributed by atoms with Gasteiger partial charge >= 0.3 is 0 Å². The molecule has 0 unspecified atom stereocenters. The van der Waals surface area contributed by atoms with Crippen LogP contribution in [0, 0.1) is 5.92 Å². The van der Waals surface area contributed by atoms with Gasteiger partial charge in [-0.15, -0.1) is 34.0 Å². The second kappa shape index (κ2) is 8.74. The van der Waals surface area contributed by atoms with E-state index in [9.17, 15) is 13.2 Å². The summed E-state index contributed by atoms with van der Waals surface area (Å²) in [6.07, 6.45) is 0.945. The van der Waals surface area contributed by atoms with E-state index < -0.39 is 10.0 Å². The van der Waals surface area contributed by atoms with Gasteiger partial charge in [0, 0.05) is 24.4 Å². The number of rotatable bonds is 5. The lowest BCUT2D eigenvalue weighted by Gasteiger charge is -2.29. The topological polar surface area (TPSA) is 79.4 Å². The Bertz CT molecular complexity index is 1130. The standard InChI is InChI=1S/C17H15BrClN3O3S4/c18-13-2-1-12(27-13)11-9-26-17(20-11)21-16(23)10-5-7-22(8-6-10)29(24,25)15-4-3-14(19)28-15/h1-4,9-10H,5-8H2,(H,20,21,23). The van der Waals surface area contributed by atoms with Crippen molar-refractivity contribution in [3.05, 3.63) is 37.8 Å². The Kier molecular flexibility index (Phi) is 6.45. The predicted molar refractivity (Wildman–Crippen MR) is 123 cm³/mol. The normalized spacial score (nSPS) is 16.2. The molecule has 0 radical (unpaired) electrons. The maximum absolute atomic E-state index is 12.7. The molecule has 4 rings (SSSR count). The Hall–Kier alpha value is -0.820. The van der Waals surface area contributed by atoms with Crippen LogP contribution in [0.1, 0.15) is 12.8 Å². The Balaban J connectivity index is 1.35. The van der Waals surface area contributed by atoms with E-state index in [4.69, 9.17) is 11.6 Å². The summed E-state index contributed by atoms with van der Waals surface area (Å²) in [5.41, 5.74) is 0.830. The molecule has 1 amide bonds. The average Bonchev–Trinajstić information content (AvgIpc) is 3.43. The molecule has 0 atom stereocenters. The van der Waals surface area contributed by atoms with Crippen LogP contribution in [0.15, 0.2) is 37.6 Å². The number of carbonyl (C=O) groups is 1. The van der Waals surface area contributed by atoms with E-state index in [1.807, 2.05) is 17.5 Å². The Labute approximate surface area is 193 Å². The number of halogens is 2. The van der Waals surface area contributed by atoms with E-state index in [1.165, 1.54) is 21.7 Å². The van der Waals surface area contributed by atoms with Crippen molar-refractivity contribution in [2.24, 2.45) is 5.92 Å². The summed E-state index contributed by atoms with van der Waals surface area (Å²) in [6.45, 7) is 0.616. The fourth-order valence-electron chi connectivity index (χ4n) is 3.03. The summed E-state index contributed by atoms with van der Waals surface area (Å²) >= 11 is 13.3. The van der Waals surface area contributed by atoms with Crippen molar-refractivity contribution in [3.63, 3.8) is 0 Å². The monoisotopic (exact) mass is 551 g/mol. The highest BCUT2D eigenvalue weighted by Crippen LogP contribution is 2.34. The van der Waals surface area contributed by atoms with Crippen LogP contribution in [-0.2, 0) is 14.8 Å². The highest BCUT2D eigenvalue weighted by atomic mass is 79.9. The molecule has 29 heavy (non-hydrogen) atoms. The first-order chi connectivity index (χ1) is 13.8. The average molecular weight is 553 g/mol. The van der Waals surface area contributed by atoms with Crippen molar-refractivity contribution in [3.8, 4) is 10.6 Å². The molecule has 3 aromatic rings. The largest absolute Gasteiger partial charge is 0.302 e. The SMILES string of the molecule is O=C(Nc1nc(-c2ccc(Br)s2)cs1)C1CCN(S(=O)(=O)c2ccc(Cl)s2)CC1. The van der Waals surface area contributed by atoms with Gasteiger partial charge in [-0.3, -0.25) is 4.79 Å². The lowest BCUT2D eigenvalue weighted by molar-refractivity contribution is -0.120. The molecule has 0 spiro atoms. The van der Waals surface area contributed by atoms with Crippen molar-refractivity contribution in [2.75, 3.05) is 18.4 Å². The number of piperidine rings is 1. The van der Waals surface area contributed by atoms with Gasteiger partial charge in [0.15, 0.2) is 5.13 Å². The number of hydrogen-bond donors (Lipinski definition) is 1. The van der Waals surface area contributed by atoms with Crippen molar-refractivity contribution < 1.29 is 13.2 Å². The molecule has 6 nitrogen and oxygen atoms in total. The third kappa shape index (κ3) is 4.76. The number of anilines is 1. The molecule has 0 aromatic carbocycles. The van der Waals surface area contributed by atoms with E-state index in [0.717, 1.165) is 25.7 Å². The van der Waals surface area contributed by atoms with Crippen molar-refractivity contribution in [1.29, 1.82) is 0 Å². The Morgan fingerprint density at radius 1 is 1.21 bits per heavy atom. The van der Waals surface area contributed by atoms with E-state index >= 15 is 0 Å². The minimum absolute atomic E-state index is 0.116. The second-order valence-electron chi connectivity index (χ2n) is 6.37. The third-order valence-corrected chi connectivity index (χ3v) is 10.5. The van der Waals surface area contributed by atoms with Crippen molar-refractivity contribution >= 4 is 82.6 Å². The van der Waals surface area contributed by atoms with Gasteiger partial charge in [-0.1, -0.05) is 11.6 Å². The smallest absolute Gasteiger partial charge is 0.252 e. The van der Waals surface area contributed by atoms with E-state index in [-0.39, 0.29) is 16.0 Å². The molecular weight excluding hydrogens is 538 g/mol. The summed E-state index contributed by atoms with van der Waals surface area (Å²) in [6, 6.07) is 7.04. The van der Waals surface area contributed by atoms with Gasteiger partial charge in [0.25, 0.3) is 10.0 Å². The Morgan fingerprint density at radius 3 is 2.59 bits per heavy atom. The maximum atomic E-state index is 12.7. The van der Waals surface area contributed by atoms with Gasteiger partial charge in [-0.25, -0.2) is 13.4 Å². The number of carbonyl (C=O) groups excluding carboxylic acids is 1. The highest BCUT2D eigenvalue weighted by molar-refractivity contribution is 9.11. The number of hydrogen-bond acceptors (Lipinski definition) is 7. The van der Waals surface area contributed by atoms with Crippen molar-refractivity contribution in [1.82, 2.24) is 9.29 Å². The second-order valence-corrected chi connectivity index (χ2v) is 13.6. The van der Waals surface area contributed by atoms with Crippen LogP contribution in [0.4, 0.5) is 5.13 Å². The molecule has 12 heteroatoms. The minimum atomic E-state index is -3.55. The molecule has 0 saturated carbocycles. The van der Waals surface area contributed by atoms with Gasteiger partial charge in [0.2, 0.25) is 5.91 Å². The first kappa shape index (κ1) is 21.4. The number of sulfonamides is 1. The van der Waals surface area contributed by atoms with Gasteiger partial charge in [-0.05, 0) is 53.0 Å². The molecule has 1 N–H and O–H groups in total. The number of thiazole rings is 1. The Morgan fingerprint density at radius 2 is 1.97 bits per heavy atom. The van der Waals surface area contributed by atoms with Crippen LogP contribution in [0.5, 0.6) is 0 Å². The van der Waals surface area contributed by atoms with E-state index in [2.05, 4.69) is 26.2 Å². The summed E-state index contributed by atoms with van der Waals surface area (Å²) in [4.78, 5) is 18.1. The van der Waals surface area contributed by atoms with Gasteiger partial charge < -0.3 is 5.32 Å². The maximum Gasteiger partial charge on any atom is 0.252 e. The van der Waals surface area contributed by atoms with Gasteiger partial charge in [0.05, 0.1) is 18.7 Å². The molecule has 0 bridgehead atoms. The van der Waals surface area contributed by atoms with Crippen LogP contribution in [-0.4, -0.2) is 36.7 Å². The summed E-state index contributed by atoms with van der Waals surface area (Å²) in [5, 5.41) is 5.34. The number of nitrogens with one attached hydrogen (secondary N) is 1. The third-order valence-electron chi connectivity index (χ3n) is 4.53.